The van der Waals surface area contributed by atoms with E-state index in [1.165, 1.54) is 7.11 Å². The second-order valence-electron chi connectivity index (χ2n) is 6.50. The molecule has 1 N–H and O–H groups in total. The summed E-state index contributed by atoms with van der Waals surface area (Å²) in [7, 11) is 1.48. The molecule has 0 bridgehead atoms. The lowest BCUT2D eigenvalue weighted by Crippen LogP contribution is -2.33. The topological polar surface area (TPSA) is 64.6 Å². The summed E-state index contributed by atoms with van der Waals surface area (Å²) < 4.78 is 10.3. The molecule has 0 saturated heterocycles. The Morgan fingerprint density at radius 1 is 0.862 bits per heavy atom. The van der Waals surface area contributed by atoms with Gasteiger partial charge in [-0.25, -0.2) is 4.79 Å². The van der Waals surface area contributed by atoms with Gasteiger partial charge in [-0.3, -0.25) is 4.79 Å². The van der Waals surface area contributed by atoms with Gasteiger partial charge in [0.25, 0.3) is 5.91 Å². The number of rotatable bonds is 8. The molecule has 1 amide bonds. The number of carbonyl (C=O) groups excluding carboxylic acids is 2. The number of methoxy groups -OCH3 is 1. The van der Waals surface area contributed by atoms with Crippen LogP contribution in [0.5, 0.6) is 5.75 Å². The quantitative estimate of drug-likeness (QED) is 0.593. The first kappa shape index (κ1) is 20.1. The summed E-state index contributed by atoms with van der Waals surface area (Å²) in [5, 5.41) is 2.97. The number of esters is 1. The third-order valence-corrected chi connectivity index (χ3v) is 4.48. The van der Waals surface area contributed by atoms with Gasteiger partial charge < -0.3 is 14.8 Å². The van der Waals surface area contributed by atoms with Crippen LogP contribution in [0.2, 0.25) is 0 Å². The van der Waals surface area contributed by atoms with Crippen molar-refractivity contribution in [3.63, 3.8) is 0 Å². The fourth-order valence-corrected chi connectivity index (χ4v) is 3.05. The molecule has 0 aliphatic heterocycles. The van der Waals surface area contributed by atoms with Crippen molar-refractivity contribution >= 4 is 11.9 Å². The van der Waals surface area contributed by atoms with Crippen molar-refractivity contribution in [2.45, 2.75) is 12.5 Å². The van der Waals surface area contributed by atoms with Crippen LogP contribution in [0.1, 0.15) is 27.5 Å². The van der Waals surface area contributed by atoms with Gasteiger partial charge in [0, 0.05) is 0 Å². The van der Waals surface area contributed by atoms with Crippen molar-refractivity contribution in [1.82, 2.24) is 5.32 Å². The minimum Gasteiger partial charge on any atom is -0.496 e. The van der Waals surface area contributed by atoms with Crippen molar-refractivity contribution in [3.8, 4) is 5.75 Å². The number of amides is 1. The zero-order valence-corrected chi connectivity index (χ0v) is 16.2. The van der Waals surface area contributed by atoms with E-state index in [-0.39, 0.29) is 24.1 Å². The SMILES string of the molecule is COc1ccccc1C(=O)OCC(=O)N[C@H](Cc1ccccc1)c1ccccc1. The van der Waals surface area contributed by atoms with Crippen LogP contribution in [-0.2, 0) is 16.0 Å². The monoisotopic (exact) mass is 389 g/mol. The Hall–Kier alpha value is -3.60. The molecule has 0 aliphatic rings. The second kappa shape index (κ2) is 10.1. The van der Waals surface area contributed by atoms with Crippen LogP contribution >= 0.6 is 0 Å². The standard InChI is InChI=1S/C24H23NO4/c1-28-22-15-9-8-14-20(22)24(27)29-17-23(26)25-21(19-12-6-3-7-13-19)16-18-10-4-2-5-11-18/h2-15,21H,16-17H2,1H3,(H,25,26)/t21-/m1/s1. The van der Waals surface area contributed by atoms with Crippen LogP contribution < -0.4 is 10.1 Å². The van der Waals surface area contributed by atoms with Crippen LogP contribution in [0.3, 0.4) is 0 Å². The summed E-state index contributed by atoms with van der Waals surface area (Å²) in [5.41, 5.74) is 2.38. The molecule has 0 saturated carbocycles. The molecule has 3 aromatic carbocycles. The number of hydrogen-bond acceptors (Lipinski definition) is 4. The lowest BCUT2D eigenvalue weighted by molar-refractivity contribution is -0.125. The molecule has 0 spiro atoms. The summed E-state index contributed by atoms with van der Waals surface area (Å²) in [5.74, 6) is -0.556. The van der Waals surface area contributed by atoms with Gasteiger partial charge in [0.2, 0.25) is 0 Å². The maximum Gasteiger partial charge on any atom is 0.342 e. The lowest BCUT2D eigenvalue weighted by Gasteiger charge is -2.19. The van der Waals surface area contributed by atoms with Crippen molar-refractivity contribution in [2.75, 3.05) is 13.7 Å². The highest BCUT2D eigenvalue weighted by Gasteiger charge is 2.18. The van der Waals surface area contributed by atoms with Crippen molar-refractivity contribution in [2.24, 2.45) is 0 Å². The van der Waals surface area contributed by atoms with Gasteiger partial charge in [-0.2, -0.15) is 0 Å². The molecular weight excluding hydrogens is 366 g/mol. The Morgan fingerprint density at radius 2 is 1.48 bits per heavy atom. The Kier molecular flexibility index (Phi) is 7.00. The zero-order chi connectivity index (χ0) is 20.5. The van der Waals surface area contributed by atoms with Crippen molar-refractivity contribution < 1.29 is 19.1 Å². The van der Waals surface area contributed by atoms with Gasteiger partial charge in [-0.1, -0.05) is 72.8 Å². The molecule has 0 aromatic heterocycles. The largest absolute Gasteiger partial charge is 0.496 e. The molecule has 3 aromatic rings. The molecule has 0 radical (unpaired) electrons. The highest BCUT2D eigenvalue weighted by atomic mass is 16.5. The molecule has 3 rings (SSSR count). The maximum absolute atomic E-state index is 12.5. The number of nitrogens with one attached hydrogen (secondary N) is 1. The highest BCUT2D eigenvalue weighted by molar-refractivity contribution is 5.94. The van der Waals surface area contributed by atoms with Gasteiger partial charge in [0.15, 0.2) is 6.61 Å². The number of hydrogen-bond donors (Lipinski definition) is 1. The van der Waals surface area contributed by atoms with E-state index in [0.29, 0.717) is 12.2 Å². The first-order valence-electron chi connectivity index (χ1n) is 9.35. The molecular formula is C24H23NO4. The van der Waals surface area contributed by atoms with Crippen LogP contribution in [-0.4, -0.2) is 25.6 Å². The van der Waals surface area contributed by atoms with Crippen molar-refractivity contribution in [3.05, 3.63) is 102 Å². The van der Waals surface area contributed by atoms with E-state index in [0.717, 1.165) is 11.1 Å². The molecule has 29 heavy (non-hydrogen) atoms. The molecule has 0 aliphatic carbocycles. The molecule has 148 valence electrons. The average molecular weight is 389 g/mol. The van der Waals surface area contributed by atoms with Gasteiger partial charge in [-0.05, 0) is 29.7 Å². The summed E-state index contributed by atoms with van der Waals surface area (Å²) in [4.78, 5) is 24.8. The van der Waals surface area contributed by atoms with E-state index in [4.69, 9.17) is 9.47 Å². The zero-order valence-electron chi connectivity index (χ0n) is 16.2. The maximum atomic E-state index is 12.5. The number of ether oxygens (including phenoxy) is 2. The molecule has 5 nitrogen and oxygen atoms in total. The van der Waals surface area contributed by atoms with E-state index < -0.39 is 5.97 Å². The van der Waals surface area contributed by atoms with Crippen LogP contribution in [0, 0.1) is 0 Å². The number of para-hydroxylation sites is 1. The van der Waals surface area contributed by atoms with E-state index in [1.54, 1.807) is 24.3 Å². The Morgan fingerprint density at radius 3 is 2.17 bits per heavy atom. The Balaban J connectivity index is 1.64. The minimum absolute atomic E-state index is 0.226. The Labute approximate surface area is 170 Å². The van der Waals surface area contributed by atoms with E-state index in [9.17, 15) is 9.59 Å². The first-order valence-corrected chi connectivity index (χ1v) is 9.35. The smallest absolute Gasteiger partial charge is 0.342 e. The van der Waals surface area contributed by atoms with Gasteiger partial charge in [0.05, 0.1) is 13.2 Å². The lowest BCUT2D eigenvalue weighted by atomic mass is 9.99. The van der Waals surface area contributed by atoms with Gasteiger partial charge in [0.1, 0.15) is 11.3 Å². The van der Waals surface area contributed by atoms with Gasteiger partial charge in [-0.15, -0.1) is 0 Å². The predicted molar refractivity (Wildman–Crippen MR) is 111 cm³/mol. The second-order valence-corrected chi connectivity index (χ2v) is 6.50. The van der Waals surface area contributed by atoms with E-state index in [2.05, 4.69) is 5.32 Å². The van der Waals surface area contributed by atoms with Crippen molar-refractivity contribution in [1.29, 1.82) is 0 Å². The van der Waals surface area contributed by atoms with E-state index in [1.807, 2.05) is 60.7 Å². The third kappa shape index (κ3) is 5.69. The molecule has 1 atom stereocenters. The summed E-state index contributed by atoms with van der Waals surface area (Å²) >= 11 is 0. The highest BCUT2D eigenvalue weighted by Crippen LogP contribution is 2.19. The fraction of sp³-hybridized carbons (Fsp3) is 0.167. The normalized spacial score (nSPS) is 11.3. The van der Waals surface area contributed by atoms with Crippen LogP contribution in [0.25, 0.3) is 0 Å². The molecule has 0 unspecified atom stereocenters. The summed E-state index contributed by atoms with van der Waals surface area (Å²) in [6.45, 7) is -0.366. The first-order chi connectivity index (χ1) is 14.2. The number of benzene rings is 3. The average Bonchev–Trinajstić information content (AvgIpc) is 2.78. The third-order valence-electron chi connectivity index (χ3n) is 4.48. The number of carbonyl (C=O) groups is 2. The van der Waals surface area contributed by atoms with Crippen LogP contribution in [0.15, 0.2) is 84.9 Å². The van der Waals surface area contributed by atoms with E-state index >= 15 is 0 Å². The predicted octanol–water partition coefficient (Wildman–Crippen LogP) is 3.95. The minimum atomic E-state index is -0.600. The Bertz CT molecular complexity index is 941. The molecule has 0 fully saturated rings. The summed E-state index contributed by atoms with van der Waals surface area (Å²) in [6.07, 6.45) is 0.636. The summed E-state index contributed by atoms with van der Waals surface area (Å²) in [6, 6.07) is 26.2. The van der Waals surface area contributed by atoms with Gasteiger partial charge >= 0.3 is 5.97 Å². The van der Waals surface area contributed by atoms with Crippen LogP contribution in [0.4, 0.5) is 0 Å². The molecule has 5 heteroatoms. The fourth-order valence-electron chi connectivity index (χ4n) is 3.05. The molecule has 0 heterocycles.